The number of aromatic nitrogens is 1. The van der Waals surface area contributed by atoms with Gasteiger partial charge in [-0.25, -0.2) is 4.98 Å². The van der Waals surface area contributed by atoms with Gasteiger partial charge in [0, 0.05) is 29.1 Å². The van der Waals surface area contributed by atoms with Crippen LogP contribution >= 0.6 is 11.6 Å². The molecule has 33 heavy (non-hydrogen) atoms. The molecule has 2 bridgehead atoms. The summed E-state index contributed by atoms with van der Waals surface area (Å²) in [6, 6.07) is 12.7. The summed E-state index contributed by atoms with van der Waals surface area (Å²) in [4.78, 5) is 32.3. The quantitative estimate of drug-likeness (QED) is 0.663. The lowest BCUT2D eigenvalue weighted by molar-refractivity contribution is -0.124. The highest BCUT2D eigenvalue weighted by Crippen LogP contribution is 2.49. The lowest BCUT2D eigenvalue weighted by atomic mass is 9.92. The van der Waals surface area contributed by atoms with Crippen LogP contribution in [0.15, 0.2) is 42.6 Å². The molecule has 1 aromatic carbocycles. The number of hydrogen-bond donors (Lipinski definition) is 2. The Labute approximate surface area is 199 Å². The molecule has 4 aliphatic rings. The monoisotopic (exact) mass is 464 g/mol. The predicted molar refractivity (Wildman–Crippen MR) is 128 cm³/mol. The molecule has 2 aliphatic heterocycles. The Morgan fingerprint density at radius 1 is 0.970 bits per heavy atom. The van der Waals surface area contributed by atoms with Crippen LogP contribution in [0.25, 0.3) is 0 Å². The SMILES string of the molecule is O=C(Nc1ccc(N2[C@@H]3CC[C@H]2C[C@@H](NC(=O)C2(c4ccc(Cl)cc4)CC2)C3)nc1)C1CC1. The molecule has 0 radical (unpaired) electrons. The highest BCUT2D eigenvalue weighted by molar-refractivity contribution is 6.30. The molecular weight excluding hydrogens is 436 g/mol. The summed E-state index contributed by atoms with van der Waals surface area (Å²) in [6.07, 6.45) is 9.70. The summed E-state index contributed by atoms with van der Waals surface area (Å²) in [5.74, 6) is 1.42. The van der Waals surface area contributed by atoms with Crippen LogP contribution in [-0.4, -0.2) is 34.9 Å². The lowest BCUT2D eigenvalue weighted by Crippen LogP contribution is -2.52. The van der Waals surface area contributed by atoms with E-state index < -0.39 is 0 Å². The molecule has 4 fully saturated rings. The Morgan fingerprint density at radius 2 is 1.67 bits per heavy atom. The van der Waals surface area contributed by atoms with Crippen LogP contribution in [0, 0.1) is 5.92 Å². The molecular formula is C26H29ClN4O2. The van der Waals surface area contributed by atoms with Gasteiger partial charge in [-0.2, -0.15) is 0 Å². The van der Waals surface area contributed by atoms with Crippen LogP contribution in [0.2, 0.25) is 5.02 Å². The Hall–Kier alpha value is -2.60. The van der Waals surface area contributed by atoms with E-state index in [1.807, 2.05) is 36.4 Å². The number of amides is 2. The molecule has 2 saturated carbocycles. The van der Waals surface area contributed by atoms with Gasteiger partial charge in [0.1, 0.15) is 5.82 Å². The second-order valence-corrected chi connectivity index (χ2v) is 10.6. The van der Waals surface area contributed by atoms with Crippen molar-refractivity contribution in [1.82, 2.24) is 10.3 Å². The van der Waals surface area contributed by atoms with Gasteiger partial charge in [0.25, 0.3) is 0 Å². The second-order valence-electron chi connectivity index (χ2n) is 10.2. The van der Waals surface area contributed by atoms with Crippen LogP contribution < -0.4 is 15.5 Å². The van der Waals surface area contributed by atoms with Crippen molar-refractivity contribution in [1.29, 1.82) is 0 Å². The molecule has 2 aromatic rings. The number of piperidine rings is 1. The van der Waals surface area contributed by atoms with Crippen molar-refractivity contribution >= 4 is 34.9 Å². The highest BCUT2D eigenvalue weighted by Gasteiger charge is 2.52. The Kier molecular flexibility index (Phi) is 5.09. The van der Waals surface area contributed by atoms with E-state index in [0.29, 0.717) is 17.1 Å². The van der Waals surface area contributed by atoms with Crippen molar-refractivity contribution in [3.63, 3.8) is 0 Å². The first-order chi connectivity index (χ1) is 16.0. The van der Waals surface area contributed by atoms with Gasteiger partial charge in [-0.05, 0) is 81.2 Å². The average Bonchev–Trinajstić information content (AvgIpc) is 3.72. The van der Waals surface area contributed by atoms with Gasteiger partial charge in [0.15, 0.2) is 0 Å². The van der Waals surface area contributed by atoms with E-state index >= 15 is 0 Å². The number of rotatable bonds is 6. The summed E-state index contributed by atoms with van der Waals surface area (Å²) in [7, 11) is 0. The van der Waals surface area contributed by atoms with E-state index in [1.165, 1.54) is 0 Å². The summed E-state index contributed by atoms with van der Waals surface area (Å²) >= 11 is 6.04. The number of benzene rings is 1. The van der Waals surface area contributed by atoms with Gasteiger partial charge in [0.05, 0.1) is 17.3 Å². The number of nitrogens with one attached hydrogen (secondary N) is 2. The van der Waals surface area contributed by atoms with E-state index in [1.54, 1.807) is 6.20 Å². The van der Waals surface area contributed by atoms with Crippen LogP contribution in [0.1, 0.15) is 56.9 Å². The van der Waals surface area contributed by atoms with Gasteiger partial charge in [-0.3, -0.25) is 9.59 Å². The zero-order valence-electron chi connectivity index (χ0n) is 18.6. The van der Waals surface area contributed by atoms with Crippen LogP contribution in [-0.2, 0) is 15.0 Å². The smallest absolute Gasteiger partial charge is 0.230 e. The van der Waals surface area contributed by atoms with Crippen LogP contribution in [0.5, 0.6) is 0 Å². The molecule has 1 aromatic heterocycles. The minimum atomic E-state index is -0.372. The largest absolute Gasteiger partial charge is 0.352 e. The van der Waals surface area contributed by atoms with E-state index in [4.69, 9.17) is 11.6 Å². The maximum absolute atomic E-state index is 13.2. The van der Waals surface area contributed by atoms with Crippen LogP contribution in [0.4, 0.5) is 11.5 Å². The summed E-state index contributed by atoms with van der Waals surface area (Å²) in [6.45, 7) is 0. The molecule has 3 heterocycles. The van der Waals surface area contributed by atoms with Crippen molar-refractivity contribution in [2.75, 3.05) is 10.2 Å². The van der Waals surface area contributed by atoms with Crippen molar-refractivity contribution in [3.8, 4) is 0 Å². The van der Waals surface area contributed by atoms with E-state index in [0.717, 1.165) is 68.4 Å². The average molecular weight is 465 g/mol. The van der Waals surface area contributed by atoms with Gasteiger partial charge < -0.3 is 15.5 Å². The van der Waals surface area contributed by atoms with Gasteiger partial charge in [-0.15, -0.1) is 0 Å². The number of halogens is 1. The molecule has 172 valence electrons. The summed E-state index contributed by atoms with van der Waals surface area (Å²) in [5.41, 5.74) is 1.47. The standard InChI is InChI=1S/C26H29ClN4O2/c27-18-5-3-17(4-6-18)26(11-12-26)25(33)30-20-13-21-8-9-22(14-20)31(21)23-10-7-19(15-28-23)29-24(32)16-1-2-16/h3-7,10,15-16,20-22H,1-2,8-9,11-14H2,(H,29,32)(H,30,33)/t20-,21+,22-. The number of nitrogens with zero attached hydrogens (tertiary/aromatic N) is 2. The minimum absolute atomic E-state index is 0.105. The third-order valence-corrected chi connectivity index (χ3v) is 8.13. The molecule has 2 N–H and O–H groups in total. The zero-order chi connectivity index (χ0) is 22.6. The number of hydrogen-bond acceptors (Lipinski definition) is 4. The lowest BCUT2D eigenvalue weighted by Gasteiger charge is -2.40. The maximum Gasteiger partial charge on any atom is 0.230 e. The fourth-order valence-electron chi connectivity index (χ4n) is 5.74. The number of carbonyl (C=O) groups excluding carboxylic acids is 2. The highest BCUT2D eigenvalue weighted by atomic mass is 35.5. The van der Waals surface area contributed by atoms with Crippen molar-refractivity contribution in [2.24, 2.45) is 5.92 Å². The van der Waals surface area contributed by atoms with Crippen molar-refractivity contribution in [3.05, 3.63) is 53.2 Å². The van der Waals surface area contributed by atoms with Crippen molar-refractivity contribution in [2.45, 2.75) is 74.9 Å². The Bertz CT molecular complexity index is 1050. The predicted octanol–water partition coefficient (Wildman–Crippen LogP) is 4.43. The number of fused-ring (bicyclic) bond motifs is 2. The third kappa shape index (κ3) is 3.99. The van der Waals surface area contributed by atoms with Gasteiger partial charge in [-0.1, -0.05) is 23.7 Å². The summed E-state index contributed by atoms with van der Waals surface area (Å²) < 4.78 is 0. The second kappa shape index (κ2) is 8.01. The number of anilines is 2. The number of carbonyl (C=O) groups is 2. The molecule has 2 saturated heterocycles. The van der Waals surface area contributed by atoms with Gasteiger partial charge in [0.2, 0.25) is 11.8 Å². The fraction of sp³-hybridized carbons (Fsp3) is 0.500. The fourth-order valence-corrected chi connectivity index (χ4v) is 5.86. The number of pyridine rings is 1. The Balaban J connectivity index is 1.09. The molecule has 7 heteroatoms. The molecule has 6 nitrogen and oxygen atoms in total. The van der Waals surface area contributed by atoms with Crippen LogP contribution in [0.3, 0.4) is 0 Å². The normalized spacial score (nSPS) is 27.2. The van der Waals surface area contributed by atoms with Gasteiger partial charge >= 0.3 is 0 Å². The molecule has 6 rings (SSSR count). The van der Waals surface area contributed by atoms with E-state index in [2.05, 4.69) is 20.5 Å². The topological polar surface area (TPSA) is 74.3 Å². The molecule has 0 unspecified atom stereocenters. The first-order valence-electron chi connectivity index (χ1n) is 12.1. The molecule has 2 amide bonds. The zero-order valence-corrected chi connectivity index (χ0v) is 19.4. The Morgan fingerprint density at radius 3 is 2.24 bits per heavy atom. The minimum Gasteiger partial charge on any atom is -0.352 e. The summed E-state index contributed by atoms with van der Waals surface area (Å²) in [5, 5.41) is 7.05. The van der Waals surface area contributed by atoms with Crippen molar-refractivity contribution < 1.29 is 9.59 Å². The first kappa shape index (κ1) is 21.0. The van der Waals surface area contributed by atoms with E-state index in [9.17, 15) is 9.59 Å². The van der Waals surface area contributed by atoms with E-state index in [-0.39, 0.29) is 29.2 Å². The molecule has 0 spiro atoms. The molecule has 3 atom stereocenters. The third-order valence-electron chi connectivity index (χ3n) is 7.88. The first-order valence-corrected chi connectivity index (χ1v) is 12.5. The molecule has 2 aliphatic carbocycles. The maximum atomic E-state index is 13.2.